The average Bonchev–Trinajstić information content (AvgIpc) is 2.28. The van der Waals surface area contributed by atoms with Crippen molar-refractivity contribution >= 4 is 17.7 Å². The van der Waals surface area contributed by atoms with Crippen LogP contribution in [0.15, 0.2) is 4.99 Å². The van der Waals surface area contributed by atoms with Crippen LogP contribution >= 0.6 is 11.8 Å². The van der Waals surface area contributed by atoms with E-state index in [1.807, 2.05) is 11.8 Å². The molecule has 4 heteroatoms. The Kier molecular flexibility index (Phi) is 12.4. The van der Waals surface area contributed by atoms with Crippen LogP contribution in [0.1, 0.15) is 45.4 Å². The van der Waals surface area contributed by atoms with Crippen LogP contribution in [-0.2, 0) is 0 Å². The summed E-state index contributed by atoms with van der Waals surface area (Å²) in [7, 11) is 0. The molecule has 0 heterocycles. The van der Waals surface area contributed by atoms with Crippen LogP contribution in [0.5, 0.6) is 0 Å². The van der Waals surface area contributed by atoms with E-state index in [9.17, 15) is 0 Å². The molecule has 0 fully saturated rings. The predicted octanol–water partition coefficient (Wildman–Crippen LogP) is 2.61. The van der Waals surface area contributed by atoms with Crippen LogP contribution in [0.2, 0.25) is 0 Å². The summed E-state index contributed by atoms with van der Waals surface area (Å²) in [5.41, 5.74) is 5.71. The number of nitrogens with zero attached hydrogens (tertiary/aromatic N) is 1. The van der Waals surface area contributed by atoms with Crippen LogP contribution in [0, 0.1) is 0 Å². The standard InChI is InChI=1S/C12H27N3S/c1-3-4-5-6-7-8-9-14-12(13)15-10-11-16-2/h3-11H2,1-2H3,(H3,13,14,15). The second-order valence-corrected chi connectivity index (χ2v) is 4.94. The Morgan fingerprint density at radius 1 is 1.19 bits per heavy atom. The summed E-state index contributed by atoms with van der Waals surface area (Å²) in [6.07, 6.45) is 9.90. The summed E-state index contributed by atoms with van der Waals surface area (Å²) in [6.45, 7) is 4.02. The maximum Gasteiger partial charge on any atom is 0.188 e. The molecule has 3 N–H and O–H groups in total. The summed E-state index contributed by atoms with van der Waals surface area (Å²) < 4.78 is 0. The fourth-order valence-electron chi connectivity index (χ4n) is 1.43. The lowest BCUT2D eigenvalue weighted by Crippen LogP contribution is -2.33. The molecule has 0 bridgehead atoms. The molecule has 0 amide bonds. The fraction of sp³-hybridized carbons (Fsp3) is 0.917. The molecule has 0 radical (unpaired) electrons. The minimum atomic E-state index is 0.600. The lowest BCUT2D eigenvalue weighted by Gasteiger charge is -2.04. The van der Waals surface area contributed by atoms with Gasteiger partial charge in [0.25, 0.3) is 0 Å². The molecular weight excluding hydrogens is 218 g/mol. The highest BCUT2D eigenvalue weighted by Crippen LogP contribution is 2.04. The number of nitrogens with one attached hydrogen (secondary N) is 1. The summed E-state index contributed by atoms with van der Waals surface area (Å²) in [4.78, 5) is 4.29. The van der Waals surface area contributed by atoms with Gasteiger partial charge in [0, 0.05) is 18.8 Å². The first-order valence-electron chi connectivity index (χ1n) is 6.34. The van der Waals surface area contributed by atoms with Crippen molar-refractivity contribution in [1.82, 2.24) is 5.32 Å². The molecule has 0 spiro atoms. The fourth-order valence-corrected chi connectivity index (χ4v) is 1.73. The van der Waals surface area contributed by atoms with Gasteiger partial charge in [-0.2, -0.15) is 11.8 Å². The second kappa shape index (κ2) is 12.7. The quantitative estimate of drug-likeness (QED) is 0.353. The first kappa shape index (κ1) is 15.6. The van der Waals surface area contributed by atoms with Crippen molar-refractivity contribution in [3.63, 3.8) is 0 Å². The van der Waals surface area contributed by atoms with Gasteiger partial charge in [-0.25, -0.2) is 0 Å². The van der Waals surface area contributed by atoms with Crippen molar-refractivity contribution < 1.29 is 0 Å². The topological polar surface area (TPSA) is 50.4 Å². The lowest BCUT2D eigenvalue weighted by molar-refractivity contribution is 0.612. The third-order valence-corrected chi connectivity index (χ3v) is 3.02. The third kappa shape index (κ3) is 11.7. The van der Waals surface area contributed by atoms with Crippen molar-refractivity contribution in [2.45, 2.75) is 45.4 Å². The van der Waals surface area contributed by atoms with Crippen LogP contribution in [-0.4, -0.2) is 31.1 Å². The smallest absolute Gasteiger partial charge is 0.188 e. The summed E-state index contributed by atoms with van der Waals surface area (Å²) in [5, 5.41) is 3.10. The van der Waals surface area contributed by atoms with E-state index in [0.717, 1.165) is 25.3 Å². The number of hydrogen-bond donors (Lipinski definition) is 2. The van der Waals surface area contributed by atoms with Gasteiger partial charge < -0.3 is 11.1 Å². The zero-order valence-corrected chi connectivity index (χ0v) is 11.6. The number of thioether (sulfide) groups is 1. The molecule has 0 aromatic heterocycles. The molecule has 0 saturated carbocycles. The van der Waals surface area contributed by atoms with Gasteiger partial charge in [0.1, 0.15) is 0 Å². The van der Waals surface area contributed by atoms with Crippen molar-refractivity contribution in [3.8, 4) is 0 Å². The normalized spacial score (nSPS) is 11.8. The van der Waals surface area contributed by atoms with E-state index in [-0.39, 0.29) is 0 Å². The van der Waals surface area contributed by atoms with Gasteiger partial charge in [-0.05, 0) is 12.7 Å². The lowest BCUT2D eigenvalue weighted by atomic mass is 10.1. The highest BCUT2D eigenvalue weighted by Gasteiger charge is 1.91. The van der Waals surface area contributed by atoms with E-state index in [0.29, 0.717) is 5.96 Å². The zero-order valence-electron chi connectivity index (χ0n) is 10.8. The van der Waals surface area contributed by atoms with Crippen molar-refractivity contribution in [2.75, 3.05) is 25.1 Å². The van der Waals surface area contributed by atoms with E-state index >= 15 is 0 Å². The van der Waals surface area contributed by atoms with Gasteiger partial charge in [0.15, 0.2) is 5.96 Å². The maximum atomic E-state index is 5.71. The molecule has 0 aromatic rings. The van der Waals surface area contributed by atoms with Crippen molar-refractivity contribution in [1.29, 1.82) is 0 Å². The first-order chi connectivity index (χ1) is 7.81. The van der Waals surface area contributed by atoms with Gasteiger partial charge in [0.05, 0.1) is 0 Å². The Balaban J connectivity index is 3.23. The highest BCUT2D eigenvalue weighted by atomic mass is 32.2. The second-order valence-electron chi connectivity index (χ2n) is 3.95. The first-order valence-corrected chi connectivity index (χ1v) is 7.73. The predicted molar refractivity (Wildman–Crippen MR) is 76.3 cm³/mol. The molecule has 0 aliphatic heterocycles. The van der Waals surface area contributed by atoms with Gasteiger partial charge in [-0.1, -0.05) is 39.0 Å². The summed E-state index contributed by atoms with van der Waals surface area (Å²) in [5.74, 6) is 1.68. The SMILES string of the molecule is CCCCCCCCN=C(N)NCCSC. The van der Waals surface area contributed by atoms with Crippen LogP contribution in [0.3, 0.4) is 0 Å². The third-order valence-electron chi connectivity index (χ3n) is 2.41. The molecule has 0 saturated heterocycles. The highest BCUT2D eigenvalue weighted by molar-refractivity contribution is 7.98. The van der Waals surface area contributed by atoms with Gasteiger partial charge >= 0.3 is 0 Å². The Labute approximate surface area is 105 Å². The Hall–Kier alpha value is -0.380. The molecule has 0 unspecified atom stereocenters. The molecule has 3 nitrogen and oxygen atoms in total. The number of hydrogen-bond acceptors (Lipinski definition) is 2. The van der Waals surface area contributed by atoms with E-state index in [4.69, 9.17) is 5.73 Å². The number of nitrogens with two attached hydrogens (primary N) is 1. The van der Waals surface area contributed by atoms with Crippen LogP contribution in [0.4, 0.5) is 0 Å². The molecule has 16 heavy (non-hydrogen) atoms. The molecule has 0 rings (SSSR count). The molecule has 0 atom stereocenters. The van der Waals surface area contributed by atoms with E-state index in [2.05, 4.69) is 23.5 Å². The molecular formula is C12H27N3S. The van der Waals surface area contributed by atoms with Gasteiger partial charge in [-0.15, -0.1) is 0 Å². The Morgan fingerprint density at radius 3 is 2.56 bits per heavy atom. The Bertz CT molecular complexity index is 172. The van der Waals surface area contributed by atoms with E-state index in [1.165, 1.54) is 32.1 Å². The summed E-state index contributed by atoms with van der Waals surface area (Å²) >= 11 is 1.81. The van der Waals surface area contributed by atoms with Crippen LogP contribution < -0.4 is 11.1 Å². The number of aliphatic imine (C=N–C) groups is 1. The van der Waals surface area contributed by atoms with Crippen LogP contribution in [0.25, 0.3) is 0 Å². The molecule has 96 valence electrons. The molecule has 0 aliphatic rings. The summed E-state index contributed by atoms with van der Waals surface area (Å²) in [6, 6.07) is 0. The van der Waals surface area contributed by atoms with Crippen molar-refractivity contribution in [3.05, 3.63) is 0 Å². The average molecular weight is 245 g/mol. The molecule has 0 aromatic carbocycles. The minimum Gasteiger partial charge on any atom is -0.370 e. The van der Waals surface area contributed by atoms with Gasteiger partial charge in [0.2, 0.25) is 0 Å². The van der Waals surface area contributed by atoms with Crippen molar-refractivity contribution in [2.24, 2.45) is 10.7 Å². The van der Waals surface area contributed by atoms with E-state index in [1.54, 1.807) is 0 Å². The van der Waals surface area contributed by atoms with Gasteiger partial charge in [-0.3, -0.25) is 4.99 Å². The zero-order chi connectivity index (χ0) is 12.1. The minimum absolute atomic E-state index is 0.600. The van der Waals surface area contributed by atoms with E-state index < -0.39 is 0 Å². The Morgan fingerprint density at radius 2 is 1.88 bits per heavy atom. The number of unbranched alkanes of at least 4 members (excludes halogenated alkanes) is 5. The largest absolute Gasteiger partial charge is 0.370 e. The number of guanidine groups is 1. The number of rotatable bonds is 10. The molecule has 0 aliphatic carbocycles. The monoisotopic (exact) mass is 245 g/mol. The maximum absolute atomic E-state index is 5.71.